The summed E-state index contributed by atoms with van der Waals surface area (Å²) in [4.78, 5) is 2.34. The zero-order valence-electron chi connectivity index (χ0n) is 10.2. The first-order chi connectivity index (χ1) is 8.58. The van der Waals surface area contributed by atoms with E-state index in [1.54, 1.807) is 12.1 Å². The maximum atomic E-state index is 13.8. The molecule has 98 valence electrons. The van der Waals surface area contributed by atoms with Crippen LogP contribution in [0.5, 0.6) is 0 Å². The summed E-state index contributed by atoms with van der Waals surface area (Å²) in [6.07, 6.45) is 3.35. The summed E-state index contributed by atoms with van der Waals surface area (Å²) < 4.78 is 14.7. The highest BCUT2D eigenvalue weighted by Gasteiger charge is 2.47. The normalized spacial score (nSPS) is 31.8. The molecule has 1 N–H and O–H groups in total. The van der Waals surface area contributed by atoms with Gasteiger partial charge in [-0.2, -0.15) is 0 Å². The monoisotopic (exact) mass is 313 g/mol. The molecule has 0 bridgehead atoms. The van der Waals surface area contributed by atoms with E-state index in [1.165, 1.54) is 6.07 Å². The van der Waals surface area contributed by atoms with Gasteiger partial charge in [-0.15, -0.1) is 0 Å². The molecular weight excluding hydrogens is 297 g/mol. The highest BCUT2D eigenvalue weighted by Crippen LogP contribution is 2.38. The molecule has 2 nitrogen and oxygen atoms in total. The molecule has 0 saturated carbocycles. The van der Waals surface area contributed by atoms with Gasteiger partial charge < -0.3 is 5.11 Å². The van der Waals surface area contributed by atoms with Crippen LogP contribution >= 0.6 is 15.9 Å². The van der Waals surface area contributed by atoms with Crippen molar-refractivity contribution in [3.63, 3.8) is 0 Å². The summed E-state index contributed by atoms with van der Waals surface area (Å²) in [5.41, 5.74) is -0.140. The van der Waals surface area contributed by atoms with E-state index in [0.717, 1.165) is 36.8 Å². The van der Waals surface area contributed by atoms with Crippen molar-refractivity contribution in [1.82, 2.24) is 4.90 Å². The van der Waals surface area contributed by atoms with Gasteiger partial charge in [-0.25, -0.2) is 4.39 Å². The van der Waals surface area contributed by atoms with Gasteiger partial charge in [0.15, 0.2) is 0 Å². The van der Waals surface area contributed by atoms with Crippen molar-refractivity contribution >= 4 is 15.9 Å². The number of halogens is 2. The van der Waals surface area contributed by atoms with Gasteiger partial charge in [-0.3, -0.25) is 4.90 Å². The van der Waals surface area contributed by atoms with Crippen molar-refractivity contribution < 1.29 is 9.50 Å². The molecule has 18 heavy (non-hydrogen) atoms. The Hall–Kier alpha value is -0.450. The Bertz CT molecular complexity index is 467. The Labute approximate surface area is 115 Å². The van der Waals surface area contributed by atoms with E-state index >= 15 is 0 Å². The quantitative estimate of drug-likeness (QED) is 0.907. The van der Waals surface area contributed by atoms with Gasteiger partial charge in [0.25, 0.3) is 0 Å². The van der Waals surface area contributed by atoms with E-state index in [4.69, 9.17) is 0 Å². The molecule has 0 aliphatic carbocycles. The molecule has 2 heterocycles. The van der Waals surface area contributed by atoms with Crippen LogP contribution in [-0.4, -0.2) is 34.7 Å². The summed E-state index contributed by atoms with van der Waals surface area (Å²) >= 11 is 3.36. The number of hydrogen-bond donors (Lipinski definition) is 1. The van der Waals surface area contributed by atoms with Crippen molar-refractivity contribution in [2.45, 2.75) is 37.3 Å². The van der Waals surface area contributed by atoms with Crippen molar-refractivity contribution in [3.8, 4) is 0 Å². The molecule has 0 aromatic heterocycles. The summed E-state index contributed by atoms with van der Waals surface area (Å²) in [6, 6.07) is 5.16. The van der Waals surface area contributed by atoms with E-state index in [9.17, 15) is 9.50 Å². The lowest BCUT2D eigenvalue weighted by Gasteiger charge is -2.30. The Kier molecular flexibility index (Phi) is 3.20. The smallest absolute Gasteiger partial charge is 0.126 e. The van der Waals surface area contributed by atoms with Crippen LogP contribution in [0.3, 0.4) is 0 Å². The van der Waals surface area contributed by atoms with E-state index in [2.05, 4.69) is 20.8 Å². The van der Waals surface area contributed by atoms with Crippen molar-refractivity contribution in [3.05, 3.63) is 34.1 Å². The third-order valence-corrected chi connectivity index (χ3v) is 4.81. The minimum Gasteiger partial charge on any atom is -0.388 e. The van der Waals surface area contributed by atoms with Crippen LogP contribution in [0.15, 0.2) is 22.7 Å². The van der Waals surface area contributed by atoms with Gasteiger partial charge in [-0.05, 0) is 49.6 Å². The Morgan fingerprint density at radius 3 is 3.11 bits per heavy atom. The molecule has 0 radical (unpaired) electrons. The second-order valence-electron chi connectivity index (χ2n) is 5.46. The molecule has 3 rings (SSSR count). The third-order valence-electron chi connectivity index (χ3n) is 4.32. The summed E-state index contributed by atoms with van der Waals surface area (Å²) in [6.45, 7) is 2.02. The summed E-state index contributed by atoms with van der Waals surface area (Å²) in [5.74, 6) is -0.219. The predicted molar refractivity (Wildman–Crippen MR) is 72.0 cm³/mol. The minimum absolute atomic E-state index is 0.218. The van der Waals surface area contributed by atoms with Gasteiger partial charge in [-0.1, -0.05) is 15.9 Å². The average Bonchev–Trinajstić information content (AvgIpc) is 2.89. The molecule has 2 unspecified atom stereocenters. The first-order valence-electron chi connectivity index (χ1n) is 6.49. The van der Waals surface area contributed by atoms with Crippen molar-refractivity contribution in [1.29, 1.82) is 0 Å². The van der Waals surface area contributed by atoms with Crippen LogP contribution < -0.4 is 0 Å². The van der Waals surface area contributed by atoms with Crippen molar-refractivity contribution in [2.75, 3.05) is 13.1 Å². The van der Waals surface area contributed by atoms with Gasteiger partial charge in [0.05, 0.1) is 5.60 Å². The van der Waals surface area contributed by atoms with Crippen LogP contribution in [-0.2, 0) is 6.42 Å². The zero-order valence-corrected chi connectivity index (χ0v) is 11.8. The molecule has 0 amide bonds. The SMILES string of the molecule is OC1(Cc2cc(Br)ccc2F)CCN2CCCC21. The topological polar surface area (TPSA) is 23.5 Å². The highest BCUT2D eigenvalue weighted by molar-refractivity contribution is 9.10. The Balaban J connectivity index is 1.85. The number of fused-ring (bicyclic) bond motifs is 1. The number of hydrogen-bond acceptors (Lipinski definition) is 2. The van der Waals surface area contributed by atoms with E-state index in [-0.39, 0.29) is 11.9 Å². The molecule has 2 fully saturated rings. The van der Waals surface area contributed by atoms with Crippen LogP contribution in [0, 0.1) is 5.82 Å². The lowest BCUT2D eigenvalue weighted by Crippen LogP contribution is -2.43. The molecule has 0 spiro atoms. The maximum absolute atomic E-state index is 13.8. The second kappa shape index (κ2) is 4.58. The number of rotatable bonds is 2. The number of aliphatic hydroxyl groups is 1. The van der Waals surface area contributed by atoms with Crippen LogP contribution in [0.25, 0.3) is 0 Å². The largest absolute Gasteiger partial charge is 0.388 e. The number of nitrogens with zero attached hydrogens (tertiary/aromatic N) is 1. The summed E-state index contributed by atoms with van der Waals surface area (Å²) in [5, 5.41) is 10.8. The number of benzene rings is 1. The molecule has 1 aromatic rings. The van der Waals surface area contributed by atoms with Gasteiger partial charge in [0, 0.05) is 23.5 Å². The molecular formula is C14H17BrFNO. The maximum Gasteiger partial charge on any atom is 0.126 e. The first-order valence-corrected chi connectivity index (χ1v) is 7.28. The predicted octanol–water partition coefficient (Wildman–Crippen LogP) is 2.73. The Morgan fingerprint density at radius 2 is 2.28 bits per heavy atom. The van der Waals surface area contributed by atoms with Gasteiger partial charge in [0.1, 0.15) is 5.82 Å². The third kappa shape index (κ3) is 2.10. The van der Waals surface area contributed by atoms with E-state index < -0.39 is 5.60 Å². The van der Waals surface area contributed by atoms with Crippen LogP contribution in [0.2, 0.25) is 0 Å². The highest BCUT2D eigenvalue weighted by atomic mass is 79.9. The fraction of sp³-hybridized carbons (Fsp3) is 0.571. The Morgan fingerprint density at radius 1 is 1.44 bits per heavy atom. The molecule has 2 atom stereocenters. The lowest BCUT2D eigenvalue weighted by atomic mass is 9.86. The molecule has 2 saturated heterocycles. The second-order valence-corrected chi connectivity index (χ2v) is 6.38. The molecule has 1 aromatic carbocycles. The van der Waals surface area contributed by atoms with Crippen LogP contribution in [0.1, 0.15) is 24.8 Å². The summed E-state index contributed by atoms with van der Waals surface area (Å²) in [7, 11) is 0. The average molecular weight is 314 g/mol. The first kappa shape index (κ1) is 12.6. The fourth-order valence-electron chi connectivity index (χ4n) is 3.42. The molecule has 4 heteroatoms. The van der Waals surface area contributed by atoms with Crippen LogP contribution in [0.4, 0.5) is 4.39 Å². The van der Waals surface area contributed by atoms with Crippen molar-refractivity contribution in [2.24, 2.45) is 0 Å². The fourth-order valence-corrected chi connectivity index (χ4v) is 3.83. The molecule has 2 aliphatic rings. The van der Waals surface area contributed by atoms with Gasteiger partial charge in [0.2, 0.25) is 0 Å². The molecule has 2 aliphatic heterocycles. The minimum atomic E-state index is -0.752. The zero-order chi connectivity index (χ0) is 12.8. The van der Waals surface area contributed by atoms with E-state index in [0.29, 0.717) is 12.0 Å². The standard InChI is InChI=1S/C14H17BrFNO/c15-11-3-4-12(16)10(8-11)9-14(18)5-7-17-6-1-2-13(14)17/h3-4,8,13,18H,1-2,5-7,9H2. The van der Waals surface area contributed by atoms with Gasteiger partial charge >= 0.3 is 0 Å². The van der Waals surface area contributed by atoms with E-state index in [1.807, 2.05) is 0 Å². The lowest BCUT2D eigenvalue weighted by molar-refractivity contribution is 0.0134.